The van der Waals surface area contributed by atoms with E-state index in [2.05, 4.69) is 15.4 Å². The molecule has 2 aliphatic heterocycles. The summed E-state index contributed by atoms with van der Waals surface area (Å²) in [5.41, 5.74) is 3.35. The summed E-state index contributed by atoms with van der Waals surface area (Å²) < 4.78 is 81.0. The summed E-state index contributed by atoms with van der Waals surface area (Å²) >= 11 is 1.21. The van der Waals surface area contributed by atoms with Crippen LogP contribution in [0.1, 0.15) is 22.3 Å². The lowest BCUT2D eigenvalue weighted by Crippen LogP contribution is -2.56. The van der Waals surface area contributed by atoms with E-state index in [4.69, 9.17) is 5.73 Å². The van der Waals surface area contributed by atoms with Gasteiger partial charge in [-0.05, 0) is 41.5 Å². The van der Waals surface area contributed by atoms with Gasteiger partial charge in [0.05, 0.1) is 45.4 Å². The van der Waals surface area contributed by atoms with Crippen LogP contribution in [-0.2, 0) is 28.5 Å². The van der Waals surface area contributed by atoms with Crippen LogP contribution in [0.5, 0.6) is 0 Å². The molecule has 0 aliphatic carbocycles. The number of aromatic nitrogens is 2. The third-order valence-electron chi connectivity index (χ3n) is 6.65. The van der Waals surface area contributed by atoms with Gasteiger partial charge in [-0.15, -0.1) is 0 Å². The van der Waals surface area contributed by atoms with Gasteiger partial charge in [0.1, 0.15) is 0 Å². The van der Waals surface area contributed by atoms with E-state index in [1.54, 1.807) is 24.3 Å². The average molecular weight is 597 g/mol. The van der Waals surface area contributed by atoms with Crippen molar-refractivity contribution in [2.24, 2.45) is 10.7 Å². The molecule has 8 nitrogen and oxygen atoms in total. The van der Waals surface area contributed by atoms with Crippen molar-refractivity contribution >= 4 is 45.6 Å². The Labute approximate surface area is 233 Å². The third-order valence-corrected chi connectivity index (χ3v) is 7.62. The maximum Gasteiger partial charge on any atom is 0.416 e. The molecule has 0 bridgehead atoms. The number of nitrogens with zero attached hydrogens (tertiary/aromatic N) is 4. The first-order chi connectivity index (χ1) is 19.3. The molecule has 0 saturated carbocycles. The summed E-state index contributed by atoms with van der Waals surface area (Å²) in [5, 5.41) is 8.31. The first kappa shape index (κ1) is 28.8. The largest absolute Gasteiger partial charge is 0.416 e. The number of halogens is 6. The highest BCUT2D eigenvalue weighted by atomic mass is 32.2. The topological polar surface area (TPSA) is 106 Å². The zero-order valence-corrected chi connectivity index (χ0v) is 21.9. The number of rotatable bonds is 6. The van der Waals surface area contributed by atoms with Crippen LogP contribution in [0.3, 0.4) is 0 Å². The predicted octanol–water partition coefficient (Wildman–Crippen LogP) is 3.89. The molecule has 15 heteroatoms. The molecule has 0 radical (unpaired) electrons. The number of hydrogen-bond acceptors (Lipinski definition) is 6. The lowest BCUT2D eigenvalue weighted by atomic mass is 10.0. The molecule has 41 heavy (non-hydrogen) atoms. The lowest BCUT2D eigenvalue weighted by molar-refractivity contribution is -0.143. The standard InChI is InChI=1S/C26H22F6N6O2S/c27-25(28,29)17-3-2-15(18(9-17)26(30,31)32)11-38-20-4-1-14(7-16(20)10-35-38)8-21-24(40)36-22(41-21)13-37-6-5-34-19(12-37)23(33)39/h1-4,7-10,19,34H,5-6,11-13H2,(H2,33,39). The number of nitrogens with two attached hydrogens (primary N) is 1. The van der Waals surface area contributed by atoms with E-state index in [1.165, 1.54) is 22.6 Å². The summed E-state index contributed by atoms with van der Waals surface area (Å²) in [6.45, 7) is 1.63. The maximum absolute atomic E-state index is 13.6. The van der Waals surface area contributed by atoms with Crippen LogP contribution in [0.2, 0.25) is 0 Å². The van der Waals surface area contributed by atoms with Crippen LogP contribution in [-0.4, -0.2) is 63.8 Å². The first-order valence-corrected chi connectivity index (χ1v) is 13.1. The van der Waals surface area contributed by atoms with Gasteiger partial charge in [0, 0.05) is 31.6 Å². The monoisotopic (exact) mass is 596 g/mol. The van der Waals surface area contributed by atoms with Crippen LogP contribution in [0, 0.1) is 0 Å². The Balaban J connectivity index is 1.32. The predicted molar refractivity (Wildman–Crippen MR) is 141 cm³/mol. The fraction of sp³-hybridized carbons (Fsp3) is 0.308. The second-order valence-corrected chi connectivity index (χ2v) is 10.7. The van der Waals surface area contributed by atoms with Gasteiger partial charge < -0.3 is 11.1 Å². The van der Waals surface area contributed by atoms with Crippen molar-refractivity contribution < 1.29 is 35.9 Å². The number of aliphatic imine (C=N–C) groups is 1. The Morgan fingerprint density at radius 2 is 1.88 bits per heavy atom. The number of hydrogen-bond donors (Lipinski definition) is 2. The molecular weight excluding hydrogens is 574 g/mol. The van der Waals surface area contributed by atoms with Crippen LogP contribution in [0.4, 0.5) is 26.3 Å². The minimum atomic E-state index is -4.99. The van der Waals surface area contributed by atoms with Crippen molar-refractivity contribution in [2.75, 3.05) is 26.2 Å². The first-order valence-electron chi connectivity index (χ1n) is 12.3. The number of piperazine rings is 1. The molecule has 2 aromatic carbocycles. The van der Waals surface area contributed by atoms with Gasteiger partial charge in [0.25, 0.3) is 5.91 Å². The molecule has 1 saturated heterocycles. The Hall–Kier alpha value is -3.69. The van der Waals surface area contributed by atoms with Gasteiger partial charge in [-0.25, -0.2) is 4.99 Å². The van der Waals surface area contributed by atoms with Crippen LogP contribution >= 0.6 is 11.8 Å². The van der Waals surface area contributed by atoms with Crippen LogP contribution in [0.15, 0.2) is 52.5 Å². The SMILES string of the molecule is NC(=O)C1CN(CC2=NC(=O)C(=Cc3ccc4c(cnn4Cc4ccc(C(F)(F)F)cc4C(F)(F)F)c3)S2)CCN1. The van der Waals surface area contributed by atoms with Gasteiger partial charge >= 0.3 is 12.4 Å². The second-order valence-electron chi connectivity index (χ2n) is 9.55. The lowest BCUT2D eigenvalue weighted by Gasteiger charge is -2.31. The quantitative estimate of drug-likeness (QED) is 0.331. The molecule has 0 spiro atoms. The molecule has 1 fully saturated rings. The molecule has 2 amide bonds. The number of carbonyl (C=O) groups excluding carboxylic acids is 2. The van der Waals surface area contributed by atoms with E-state index in [9.17, 15) is 35.9 Å². The number of carbonyl (C=O) groups is 2. The van der Waals surface area contributed by atoms with E-state index in [0.717, 1.165) is 6.07 Å². The number of benzene rings is 2. The van der Waals surface area contributed by atoms with Gasteiger partial charge in [0.15, 0.2) is 0 Å². The normalized spacial score (nSPS) is 19.8. The van der Waals surface area contributed by atoms with E-state index >= 15 is 0 Å². The van der Waals surface area contributed by atoms with E-state index < -0.39 is 47.9 Å². The zero-order valence-electron chi connectivity index (χ0n) is 21.1. The number of primary amides is 1. The molecule has 216 valence electrons. The number of thioether (sulfide) groups is 1. The number of alkyl halides is 6. The summed E-state index contributed by atoms with van der Waals surface area (Å²) in [6.07, 6.45) is -6.83. The second kappa shape index (κ2) is 10.9. The molecule has 5 rings (SSSR count). The maximum atomic E-state index is 13.6. The number of fused-ring (bicyclic) bond motifs is 1. The summed E-state index contributed by atoms with van der Waals surface area (Å²) in [4.78, 5) is 30.5. The van der Waals surface area contributed by atoms with Crippen molar-refractivity contribution in [2.45, 2.75) is 24.9 Å². The van der Waals surface area contributed by atoms with Gasteiger partial charge in [-0.1, -0.05) is 23.9 Å². The van der Waals surface area contributed by atoms with Crippen LogP contribution in [0.25, 0.3) is 17.0 Å². The summed E-state index contributed by atoms with van der Waals surface area (Å²) in [5.74, 6) is -0.865. The van der Waals surface area contributed by atoms with Crippen molar-refractivity contribution in [3.8, 4) is 0 Å². The Morgan fingerprint density at radius 3 is 2.59 bits per heavy atom. The van der Waals surface area contributed by atoms with Crippen molar-refractivity contribution in [3.63, 3.8) is 0 Å². The van der Waals surface area contributed by atoms with E-state index in [0.29, 0.717) is 58.7 Å². The molecule has 3 N–H and O–H groups in total. The van der Waals surface area contributed by atoms with E-state index in [1.807, 2.05) is 4.90 Å². The molecule has 3 heterocycles. The van der Waals surface area contributed by atoms with Crippen molar-refractivity contribution in [1.29, 1.82) is 0 Å². The van der Waals surface area contributed by atoms with Crippen LogP contribution < -0.4 is 11.1 Å². The third kappa shape index (κ3) is 6.47. The Morgan fingerprint density at radius 1 is 1.10 bits per heavy atom. The Bertz CT molecular complexity index is 1580. The summed E-state index contributed by atoms with van der Waals surface area (Å²) in [6, 6.07) is 6.03. The van der Waals surface area contributed by atoms with Gasteiger partial charge in [-0.3, -0.25) is 19.2 Å². The minimum absolute atomic E-state index is 0.107. The van der Waals surface area contributed by atoms with Crippen molar-refractivity contribution in [3.05, 3.63) is 69.8 Å². The Kier molecular flexibility index (Phi) is 7.70. The highest BCUT2D eigenvalue weighted by molar-refractivity contribution is 8.18. The fourth-order valence-electron chi connectivity index (χ4n) is 4.65. The average Bonchev–Trinajstić information content (AvgIpc) is 3.45. The molecule has 2 aliphatic rings. The number of amides is 2. The van der Waals surface area contributed by atoms with Crippen molar-refractivity contribution in [1.82, 2.24) is 20.0 Å². The fourth-order valence-corrected chi connectivity index (χ4v) is 5.60. The highest BCUT2D eigenvalue weighted by Crippen LogP contribution is 2.38. The molecule has 1 atom stereocenters. The van der Waals surface area contributed by atoms with E-state index in [-0.39, 0.29) is 11.6 Å². The molecule has 1 aromatic heterocycles. The highest BCUT2D eigenvalue weighted by Gasteiger charge is 2.38. The number of nitrogens with one attached hydrogen (secondary N) is 1. The smallest absolute Gasteiger partial charge is 0.368 e. The van der Waals surface area contributed by atoms with Gasteiger partial charge in [-0.2, -0.15) is 31.4 Å². The summed E-state index contributed by atoms with van der Waals surface area (Å²) in [7, 11) is 0. The minimum Gasteiger partial charge on any atom is -0.368 e. The van der Waals surface area contributed by atoms with Gasteiger partial charge in [0.2, 0.25) is 5.91 Å². The molecule has 1 unspecified atom stereocenters. The molecular formula is C26H22F6N6O2S. The zero-order chi connectivity index (χ0) is 29.5. The molecule has 3 aromatic rings.